The maximum atomic E-state index is 13.1. The van der Waals surface area contributed by atoms with E-state index >= 15 is 0 Å². The average Bonchev–Trinajstić information content (AvgIpc) is 2.92. The van der Waals surface area contributed by atoms with Crippen LogP contribution in [0.5, 0.6) is 0 Å². The average molecular weight is 528 g/mol. The van der Waals surface area contributed by atoms with Crippen molar-refractivity contribution in [1.29, 1.82) is 0 Å². The van der Waals surface area contributed by atoms with Gasteiger partial charge in [-0.2, -0.15) is 0 Å². The van der Waals surface area contributed by atoms with E-state index in [-0.39, 0.29) is 17.8 Å². The fourth-order valence-electron chi connectivity index (χ4n) is 4.63. The van der Waals surface area contributed by atoms with Crippen LogP contribution in [0.3, 0.4) is 0 Å². The maximum absolute atomic E-state index is 13.1. The second kappa shape index (κ2) is 13.2. The summed E-state index contributed by atoms with van der Waals surface area (Å²) < 4.78 is 10.5. The number of ether oxygens (including phenoxy) is 2. The standard InChI is InChI=1S/C27H37N5O4S/c1-4-36-26(34)22-6-5-11-32(17-22)25(33)21-9-7-20(8-10-21)19-37-27-28-23(18-35-3)16-24(29-27)31-14-12-30(2)13-15-31/h7-10,16,22H,4-6,11-15,17-19H2,1-3H3/t22-/m0/s1. The highest BCUT2D eigenvalue weighted by atomic mass is 32.2. The normalized spacial score (nSPS) is 18.6. The number of esters is 1. The molecule has 1 aromatic heterocycles. The molecule has 0 saturated carbocycles. The molecule has 0 spiro atoms. The SMILES string of the molecule is CCOC(=O)[C@H]1CCCN(C(=O)c2ccc(CSc3nc(COC)cc(N4CCN(C)CC4)n3)cc2)C1. The first-order chi connectivity index (χ1) is 18.0. The minimum atomic E-state index is -0.238. The van der Waals surface area contributed by atoms with Gasteiger partial charge in [0.05, 0.1) is 24.8 Å². The van der Waals surface area contributed by atoms with Crippen molar-refractivity contribution in [2.24, 2.45) is 5.92 Å². The van der Waals surface area contributed by atoms with E-state index in [4.69, 9.17) is 14.5 Å². The Hall–Kier alpha value is -2.69. The summed E-state index contributed by atoms with van der Waals surface area (Å²) >= 11 is 1.58. The van der Waals surface area contributed by atoms with Crippen LogP contribution in [0.4, 0.5) is 5.82 Å². The Morgan fingerprint density at radius 3 is 2.54 bits per heavy atom. The number of likely N-dealkylation sites (N-methyl/N-ethyl adjacent to an activating group) is 1. The van der Waals surface area contributed by atoms with Crippen LogP contribution in [0.2, 0.25) is 0 Å². The molecule has 0 bridgehead atoms. The van der Waals surface area contributed by atoms with Crippen molar-refractivity contribution < 1.29 is 19.1 Å². The van der Waals surface area contributed by atoms with Gasteiger partial charge in [0.15, 0.2) is 5.16 Å². The van der Waals surface area contributed by atoms with Crippen LogP contribution in [-0.2, 0) is 26.6 Å². The minimum absolute atomic E-state index is 0.0411. The second-order valence-electron chi connectivity index (χ2n) is 9.55. The molecule has 2 aromatic rings. The molecular weight excluding hydrogens is 490 g/mol. The monoisotopic (exact) mass is 527 g/mol. The van der Waals surface area contributed by atoms with Gasteiger partial charge in [-0.25, -0.2) is 9.97 Å². The van der Waals surface area contributed by atoms with Gasteiger partial charge in [-0.3, -0.25) is 9.59 Å². The van der Waals surface area contributed by atoms with Gasteiger partial charge in [0, 0.05) is 63.8 Å². The molecule has 3 heterocycles. The molecular formula is C27H37N5O4S. The van der Waals surface area contributed by atoms with Crippen molar-refractivity contribution in [3.63, 3.8) is 0 Å². The lowest BCUT2D eigenvalue weighted by Crippen LogP contribution is -2.44. The molecule has 2 fully saturated rings. The Morgan fingerprint density at radius 2 is 1.84 bits per heavy atom. The minimum Gasteiger partial charge on any atom is -0.466 e. The van der Waals surface area contributed by atoms with E-state index in [0.717, 1.165) is 61.3 Å². The number of aromatic nitrogens is 2. The Labute approximate surface area is 223 Å². The van der Waals surface area contributed by atoms with Gasteiger partial charge >= 0.3 is 5.97 Å². The maximum Gasteiger partial charge on any atom is 0.310 e. The fraction of sp³-hybridized carbons (Fsp3) is 0.556. The largest absolute Gasteiger partial charge is 0.466 e. The highest BCUT2D eigenvalue weighted by Gasteiger charge is 2.29. The summed E-state index contributed by atoms with van der Waals surface area (Å²) in [6, 6.07) is 9.71. The van der Waals surface area contributed by atoms with Crippen molar-refractivity contribution in [2.45, 2.75) is 37.3 Å². The van der Waals surface area contributed by atoms with Gasteiger partial charge in [0.1, 0.15) is 5.82 Å². The van der Waals surface area contributed by atoms with E-state index in [2.05, 4.69) is 21.8 Å². The summed E-state index contributed by atoms with van der Waals surface area (Å²) in [6.45, 7) is 7.60. The van der Waals surface area contributed by atoms with E-state index in [1.165, 1.54) is 0 Å². The predicted octanol–water partition coefficient (Wildman–Crippen LogP) is 3.08. The number of piperazine rings is 1. The third kappa shape index (κ3) is 7.43. The summed E-state index contributed by atoms with van der Waals surface area (Å²) in [5.41, 5.74) is 2.60. The third-order valence-corrected chi connectivity index (χ3v) is 7.68. The molecule has 1 atom stereocenters. The molecule has 2 aliphatic heterocycles. The van der Waals surface area contributed by atoms with Gasteiger partial charge in [-0.15, -0.1) is 0 Å². The van der Waals surface area contributed by atoms with Gasteiger partial charge in [-0.1, -0.05) is 23.9 Å². The summed E-state index contributed by atoms with van der Waals surface area (Å²) in [5, 5.41) is 0.724. The zero-order valence-corrected chi connectivity index (χ0v) is 22.8. The van der Waals surface area contributed by atoms with Crippen molar-refractivity contribution in [1.82, 2.24) is 19.8 Å². The van der Waals surface area contributed by atoms with Crippen LogP contribution in [0.15, 0.2) is 35.5 Å². The molecule has 37 heavy (non-hydrogen) atoms. The summed E-state index contributed by atoms with van der Waals surface area (Å²) in [6.07, 6.45) is 1.57. The molecule has 9 nitrogen and oxygen atoms in total. The molecule has 200 valence electrons. The highest BCUT2D eigenvalue weighted by molar-refractivity contribution is 7.98. The molecule has 2 saturated heterocycles. The lowest BCUT2D eigenvalue weighted by atomic mass is 9.97. The molecule has 0 aliphatic carbocycles. The molecule has 0 N–H and O–H groups in total. The van der Waals surface area contributed by atoms with Crippen molar-refractivity contribution in [2.75, 3.05) is 64.9 Å². The number of benzene rings is 1. The van der Waals surface area contributed by atoms with Crippen LogP contribution in [0.25, 0.3) is 0 Å². The first-order valence-corrected chi connectivity index (χ1v) is 13.9. The molecule has 0 unspecified atom stereocenters. The predicted molar refractivity (Wildman–Crippen MR) is 144 cm³/mol. The number of carbonyl (C=O) groups is 2. The summed E-state index contributed by atoms with van der Waals surface area (Å²) in [5.74, 6) is 1.15. The highest BCUT2D eigenvalue weighted by Crippen LogP contribution is 2.25. The lowest BCUT2D eigenvalue weighted by molar-refractivity contribution is -0.149. The summed E-state index contributed by atoms with van der Waals surface area (Å²) in [4.78, 5) is 41.1. The van der Waals surface area contributed by atoms with Crippen molar-refractivity contribution >= 4 is 29.5 Å². The Kier molecular flexibility index (Phi) is 9.76. The number of piperidine rings is 1. The van der Waals surface area contributed by atoms with Gasteiger partial charge in [0.25, 0.3) is 5.91 Å². The van der Waals surface area contributed by atoms with E-state index in [1.54, 1.807) is 30.7 Å². The van der Waals surface area contributed by atoms with E-state index in [1.807, 2.05) is 30.3 Å². The molecule has 0 radical (unpaired) electrons. The van der Waals surface area contributed by atoms with Gasteiger partial charge in [-0.05, 0) is 44.5 Å². The molecule has 4 rings (SSSR count). The number of hydrogen-bond acceptors (Lipinski definition) is 9. The Morgan fingerprint density at radius 1 is 1.08 bits per heavy atom. The molecule has 1 amide bonds. The fourth-order valence-corrected chi connectivity index (χ4v) is 5.46. The number of carbonyl (C=O) groups excluding carboxylic acids is 2. The number of nitrogens with zero attached hydrogens (tertiary/aromatic N) is 5. The number of thioether (sulfide) groups is 1. The summed E-state index contributed by atoms with van der Waals surface area (Å²) in [7, 11) is 3.81. The van der Waals surface area contributed by atoms with E-state index in [9.17, 15) is 9.59 Å². The number of rotatable bonds is 9. The molecule has 10 heteroatoms. The van der Waals surface area contributed by atoms with E-state index in [0.29, 0.717) is 37.6 Å². The van der Waals surface area contributed by atoms with Crippen LogP contribution in [0, 0.1) is 5.92 Å². The second-order valence-corrected chi connectivity index (χ2v) is 10.5. The van der Waals surface area contributed by atoms with E-state index < -0.39 is 0 Å². The third-order valence-electron chi connectivity index (χ3n) is 6.76. The van der Waals surface area contributed by atoms with Crippen LogP contribution < -0.4 is 4.90 Å². The number of likely N-dealkylation sites (tertiary alicyclic amines) is 1. The zero-order chi connectivity index (χ0) is 26.2. The molecule has 1 aromatic carbocycles. The van der Waals surface area contributed by atoms with Gasteiger partial charge in [0.2, 0.25) is 0 Å². The van der Waals surface area contributed by atoms with Crippen LogP contribution >= 0.6 is 11.8 Å². The molecule has 2 aliphatic rings. The van der Waals surface area contributed by atoms with Gasteiger partial charge < -0.3 is 24.2 Å². The smallest absolute Gasteiger partial charge is 0.310 e. The number of hydrogen-bond donors (Lipinski definition) is 0. The van der Waals surface area contributed by atoms with Crippen LogP contribution in [0.1, 0.15) is 41.4 Å². The number of amides is 1. The van der Waals surface area contributed by atoms with Crippen molar-refractivity contribution in [3.05, 3.63) is 47.2 Å². The number of anilines is 1. The first-order valence-electron chi connectivity index (χ1n) is 12.9. The zero-order valence-electron chi connectivity index (χ0n) is 22.0. The Bertz CT molecular complexity index is 1060. The van der Waals surface area contributed by atoms with Crippen LogP contribution in [-0.4, -0.2) is 91.7 Å². The Balaban J connectivity index is 1.37. The topological polar surface area (TPSA) is 88.1 Å². The first kappa shape index (κ1) is 27.3. The quantitative estimate of drug-likeness (QED) is 0.277. The lowest BCUT2D eigenvalue weighted by Gasteiger charge is -2.33. The van der Waals surface area contributed by atoms with Crippen molar-refractivity contribution in [3.8, 4) is 0 Å². The number of methoxy groups -OCH3 is 1.